The van der Waals surface area contributed by atoms with Gasteiger partial charge < -0.3 is 20.1 Å². The second-order valence-corrected chi connectivity index (χ2v) is 8.93. The molecule has 0 aliphatic carbocycles. The van der Waals surface area contributed by atoms with Crippen LogP contribution in [0.15, 0.2) is 91.4 Å². The van der Waals surface area contributed by atoms with Gasteiger partial charge in [-0.1, -0.05) is 35.9 Å². The van der Waals surface area contributed by atoms with E-state index in [-0.39, 0.29) is 12.1 Å². The summed E-state index contributed by atoms with van der Waals surface area (Å²) in [6, 6.07) is 24.1. The molecule has 4 heterocycles. The molecular weight excluding hydrogens is 464 g/mol. The molecule has 0 spiro atoms. The molecule has 2 unspecified atom stereocenters. The van der Waals surface area contributed by atoms with Gasteiger partial charge in [-0.25, -0.2) is 4.98 Å². The molecule has 2 atom stereocenters. The van der Waals surface area contributed by atoms with Gasteiger partial charge in [0.1, 0.15) is 5.82 Å². The van der Waals surface area contributed by atoms with E-state index in [0.29, 0.717) is 5.02 Å². The number of rotatable bonds is 8. The third kappa shape index (κ3) is 4.76. The number of thiocarbonyl (C=S) groups is 1. The molecule has 1 saturated heterocycles. The van der Waals surface area contributed by atoms with E-state index in [4.69, 9.17) is 23.8 Å². The van der Waals surface area contributed by atoms with Gasteiger partial charge in [-0.15, -0.1) is 0 Å². The predicted molar refractivity (Wildman–Crippen MR) is 140 cm³/mol. The van der Waals surface area contributed by atoms with E-state index >= 15 is 0 Å². The third-order valence-corrected chi connectivity index (χ3v) is 6.49. The number of aromatic nitrogens is 3. The highest BCUT2D eigenvalue weighted by Gasteiger charge is 2.41. The summed E-state index contributed by atoms with van der Waals surface area (Å²) in [6.07, 6.45) is 6.45. The molecule has 1 aliphatic rings. The van der Waals surface area contributed by atoms with Crippen LogP contribution >= 0.6 is 23.8 Å². The molecule has 1 aromatic carbocycles. The highest BCUT2D eigenvalue weighted by molar-refractivity contribution is 7.80. The number of nitrogens with one attached hydrogen (secondary N) is 2. The van der Waals surface area contributed by atoms with Crippen LogP contribution in [0.3, 0.4) is 0 Å². The average molecular weight is 489 g/mol. The summed E-state index contributed by atoms with van der Waals surface area (Å²) in [5.74, 6) is 0.813. The molecule has 8 heteroatoms. The summed E-state index contributed by atoms with van der Waals surface area (Å²) in [7, 11) is 0. The Balaban J connectivity index is 1.42. The first-order chi connectivity index (χ1) is 16.7. The lowest BCUT2D eigenvalue weighted by atomic mass is 10.0. The van der Waals surface area contributed by atoms with Crippen LogP contribution < -0.4 is 10.6 Å². The van der Waals surface area contributed by atoms with Crippen molar-refractivity contribution in [1.29, 1.82) is 0 Å². The fraction of sp³-hybridized carbons (Fsp3) is 0.192. The van der Waals surface area contributed by atoms with Crippen LogP contribution in [0.4, 0.5) is 5.69 Å². The summed E-state index contributed by atoms with van der Waals surface area (Å²) >= 11 is 11.9. The van der Waals surface area contributed by atoms with Gasteiger partial charge in [0.05, 0.1) is 22.8 Å². The van der Waals surface area contributed by atoms with Crippen molar-refractivity contribution >= 4 is 34.6 Å². The van der Waals surface area contributed by atoms with Crippen molar-refractivity contribution < 1.29 is 0 Å². The van der Waals surface area contributed by atoms with Crippen molar-refractivity contribution in [3.63, 3.8) is 0 Å². The van der Waals surface area contributed by atoms with Crippen molar-refractivity contribution in [3.8, 4) is 5.82 Å². The number of hydrogen-bond acceptors (Lipinski definition) is 4. The Morgan fingerprint density at radius 1 is 0.971 bits per heavy atom. The molecule has 1 fully saturated rings. The maximum absolute atomic E-state index is 6.08. The second-order valence-electron chi connectivity index (χ2n) is 8.10. The van der Waals surface area contributed by atoms with Gasteiger partial charge in [0, 0.05) is 43.1 Å². The van der Waals surface area contributed by atoms with Crippen molar-refractivity contribution in [2.45, 2.75) is 18.5 Å². The minimum atomic E-state index is -0.0725. The second kappa shape index (κ2) is 10.2. The largest absolute Gasteiger partial charge is 0.385 e. The van der Waals surface area contributed by atoms with Crippen LogP contribution in [-0.4, -0.2) is 37.6 Å². The third-order valence-electron chi connectivity index (χ3n) is 5.92. The molecule has 2 N–H and O–H groups in total. The molecule has 3 aromatic heterocycles. The van der Waals surface area contributed by atoms with Gasteiger partial charge in [-0.3, -0.25) is 4.98 Å². The van der Waals surface area contributed by atoms with Crippen LogP contribution in [-0.2, 0) is 0 Å². The molecule has 5 rings (SSSR count). The van der Waals surface area contributed by atoms with Crippen LogP contribution in [0.1, 0.15) is 29.9 Å². The van der Waals surface area contributed by atoms with E-state index in [1.807, 2.05) is 67.0 Å². The minimum Gasteiger partial charge on any atom is -0.385 e. The first-order valence-electron chi connectivity index (χ1n) is 11.3. The Morgan fingerprint density at radius 3 is 2.59 bits per heavy atom. The molecule has 0 amide bonds. The Hall–Kier alpha value is -3.42. The molecule has 1 aliphatic heterocycles. The zero-order valence-corrected chi connectivity index (χ0v) is 20.1. The van der Waals surface area contributed by atoms with Crippen molar-refractivity contribution in [3.05, 3.63) is 108 Å². The van der Waals surface area contributed by atoms with Crippen LogP contribution in [0, 0.1) is 0 Å². The Kier molecular flexibility index (Phi) is 6.74. The van der Waals surface area contributed by atoms with E-state index in [1.54, 1.807) is 6.20 Å². The summed E-state index contributed by atoms with van der Waals surface area (Å²) < 4.78 is 2.10. The molecule has 0 radical (unpaired) electrons. The van der Waals surface area contributed by atoms with Gasteiger partial charge in [0.15, 0.2) is 5.11 Å². The SMILES string of the molecule is S=C1NC(c2ccccn2)C(c2cccn2-c2ccc(Cl)cn2)N1CCCNc1ccccc1. The van der Waals surface area contributed by atoms with Crippen LogP contribution in [0.25, 0.3) is 5.82 Å². The average Bonchev–Trinajstić information content (AvgIpc) is 3.48. The summed E-state index contributed by atoms with van der Waals surface area (Å²) in [5, 5.41) is 8.36. The maximum Gasteiger partial charge on any atom is 0.170 e. The number of halogens is 1. The van der Waals surface area contributed by atoms with E-state index < -0.39 is 0 Å². The van der Waals surface area contributed by atoms with Crippen molar-refractivity contribution in [1.82, 2.24) is 24.8 Å². The summed E-state index contributed by atoms with van der Waals surface area (Å²) in [5.41, 5.74) is 3.17. The first kappa shape index (κ1) is 22.4. The Bertz CT molecular complexity index is 1230. The van der Waals surface area contributed by atoms with Gasteiger partial charge >= 0.3 is 0 Å². The van der Waals surface area contributed by atoms with Crippen LogP contribution in [0.2, 0.25) is 5.02 Å². The zero-order valence-electron chi connectivity index (χ0n) is 18.5. The highest BCUT2D eigenvalue weighted by Crippen LogP contribution is 2.39. The van der Waals surface area contributed by atoms with Gasteiger partial charge in [-0.2, -0.15) is 0 Å². The summed E-state index contributed by atoms with van der Waals surface area (Å²) in [6.45, 7) is 1.66. The minimum absolute atomic E-state index is 0.0356. The maximum atomic E-state index is 6.08. The topological polar surface area (TPSA) is 58.0 Å². The summed E-state index contributed by atoms with van der Waals surface area (Å²) in [4.78, 5) is 11.4. The monoisotopic (exact) mass is 488 g/mol. The highest BCUT2D eigenvalue weighted by atomic mass is 35.5. The number of para-hydroxylation sites is 1. The lowest BCUT2D eigenvalue weighted by Crippen LogP contribution is -2.32. The van der Waals surface area contributed by atoms with Crippen molar-refractivity contribution in [2.75, 3.05) is 18.4 Å². The molecule has 34 heavy (non-hydrogen) atoms. The molecule has 6 nitrogen and oxygen atoms in total. The van der Waals surface area contributed by atoms with Gasteiger partial charge in [-0.05, 0) is 67.2 Å². The van der Waals surface area contributed by atoms with E-state index in [9.17, 15) is 0 Å². The first-order valence-corrected chi connectivity index (χ1v) is 12.1. The smallest absolute Gasteiger partial charge is 0.170 e. The van der Waals surface area contributed by atoms with E-state index in [2.05, 4.69) is 48.3 Å². The lowest BCUT2D eigenvalue weighted by Gasteiger charge is -2.29. The zero-order chi connectivity index (χ0) is 23.3. The Morgan fingerprint density at radius 2 is 1.82 bits per heavy atom. The van der Waals surface area contributed by atoms with Crippen molar-refractivity contribution in [2.24, 2.45) is 0 Å². The molecule has 4 aromatic rings. The number of anilines is 1. The van der Waals surface area contributed by atoms with E-state index in [1.165, 1.54) is 0 Å². The van der Waals surface area contributed by atoms with E-state index in [0.717, 1.165) is 47.5 Å². The van der Waals surface area contributed by atoms with Crippen LogP contribution in [0.5, 0.6) is 0 Å². The fourth-order valence-electron chi connectivity index (χ4n) is 4.36. The number of pyridine rings is 2. The van der Waals surface area contributed by atoms with Gasteiger partial charge in [0.2, 0.25) is 0 Å². The molecule has 172 valence electrons. The number of benzene rings is 1. The lowest BCUT2D eigenvalue weighted by molar-refractivity contribution is 0.307. The normalized spacial score (nSPS) is 17.6. The predicted octanol–water partition coefficient (Wildman–Crippen LogP) is 5.40. The van der Waals surface area contributed by atoms with Gasteiger partial charge in [0.25, 0.3) is 0 Å². The number of hydrogen-bond donors (Lipinski definition) is 2. The number of nitrogens with zero attached hydrogens (tertiary/aromatic N) is 4. The molecular formula is C26H25ClN6S. The Labute approximate surface area is 209 Å². The standard InChI is InChI=1S/C26H25ClN6S/c27-19-12-13-23(30-18-19)32-16-6-11-22(32)25-24(21-10-4-5-14-29-21)31-26(34)33(25)17-7-15-28-20-8-2-1-3-9-20/h1-6,8-14,16,18,24-25,28H,7,15,17H2,(H,31,34). The fourth-order valence-corrected chi connectivity index (χ4v) is 4.80. The molecule has 0 bridgehead atoms. The quantitative estimate of drug-likeness (QED) is 0.256. The molecule has 0 saturated carbocycles.